The molecule has 4 heteroatoms. The number of nitrogens with one attached hydrogen (secondary N) is 1. The molecular formula is C12H20N2OS. The highest BCUT2D eigenvalue weighted by atomic mass is 32.2. The second kappa shape index (κ2) is 5.58. The van der Waals surface area contributed by atoms with Gasteiger partial charge in [-0.05, 0) is 32.4 Å². The van der Waals surface area contributed by atoms with Crippen molar-refractivity contribution in [1.29, 1.82) is 5.26 Å². The molecule has 1 fully saturated rings. The number of rotatable bonds is 4. The minimum absolute atomic E-state index is 0.136. The minimum atomic E-state index is -0.913. The van der Waals surface area contributed by atoms with Crippen molar-refractivity contribution in [2.24, 2.45) is 5.41 Å². The van der Waals surface area contributed by atoms with Crippen LogP contribution in [-0.2, 0) is 4.79 Å². The van der Waals surface area contributed by atoms with E-state index in [0.29, 0.717) is 5.25 Å². The van der Waals surface area contributed by atoms with Crippen molar-refractivity contribution in [3.8, 4) is 6.07 Å². The van der Waals surface area contributed by atoms with Gasteiger partial charge >= 0.3 is 0 Å². The Morgan fingerprint density at radius 1 is 1.56 bits per heavy atom. The highest BCUT2D eigenvalue weighted by molar-refractivity contribution is 7.99. The molecule has 1 N–H and O–H groups in total. The summed E-state index contributed by atoms with van der Waals surface area (Å²) in [5, 5.41) is 12.4. The fraction of sp³-hybridized carbons (Fsp3) is 0.833. The molecule has 0 saturated heterocycles. The number of nitriles is 1. The molecule has 1 aliphatic carbocycles. The lowest BCUT2D eigenvalue weighted by molar-refractivity contribution is -0.127. The molecule has 1 saturated carbocycles. The Morgan fingerprint density at radius 3 is 2.81 bits per heavy atom. The molecule has 2 atom stereocenters. The van der Waals surface area contributed by atoms with E-state index in [4.69, 9.17) is 5.26 Å². The lowest BCUT2D eigenvalue weighted by Crippen LogP contribution is -2.44. The fourth-order valence-corrected chi connectivity index (χ4v) is 3.10. The third-order valence-electron chi connectivity index (χ3n) is 3.00. The van der Waals surface area contributed by atoms with Gasteiger partial charge in [0.15, 0.2) is 0 Å². The van der Waals surface area contributed by atoms with Crippen LogP contribution in [0.1, 0.15) is 40.0 Å². The number of hydrogen-bond acceptors (Lipinski definition) is 3. The number of carbonyl (C=O) groups excluding carboxylic acids is 1. The van der Waals surface area contributed by atoms with Crippen LogP contribution in [0.2, 0.25) is 0 Å². The van der Waals surface area contributed by atoms with Gasteiger partial charge in [-0.25, -0.2) is 0 Å². The lowest BCUT2D eigenvalue weighted by atomic mass is 9.94. The van der Waals surface area contributed by atoms with Gasteiger partial charge in [0.05, 0.1) is 6.07 Å². The summed E-state index contributed by atoms with van der Waals surface area (Å²) in [7, 11) is 0. The van der Waals surface area contributed by atoms with E-state index in [1.807, 2.05) is 17.8 Å². The van der Waals surface area contributed by atoms with Crippen molar-refractivity contribution in [2.75, 3.05) is 5.75 Å². The zero-order chi connectivity index (χ0) is 12.2. The number of amides is 1. The van der Waals surface area contributed by atoms with E-state index in [1.165, 1.54) is 12.8 Å². The van der Waals surface area contributed by atoms with Crippen molar-refractivity contribution in [2.45, 2.75) is 51.3 Å². The maximum atomic E-state index is 11.9. The first-order valence-corrected chi connectivity index (χ1v) is 6.90. The molecule has 3 nitrogen and oxygen atoms in total. The van der Waals surface area contributed by atoms with Crippen LogP contribution in [0.15, 0.2) is 0 Å². The van der Waals surface area contributed by atoms with Crippen LogP contribution in [-0.4, -0.2) is 23.0 Å². The smallest absolute Gasteiger partial charge is 0.240 e. The highest BCUT2D eigenvalue weighted by Crippen LogP contribution is 2.30. The van der Waals surface area contributed by atoms with E-state index in [9.17, 15) is 4.79 Å². The van der Waals surface area contributed by atoms with Crippen molar-refractivity contribution < 1.29 is 4.79 Å². The average molecular weight is 240 g/mol. The quantitative estimate of drug-likeness (QED) is 0.820. The third kappa shape index (κ3) is 3.15. The third-order valence-corrected chi connectivity index (χ3v) is 4.32. The molecule has 2 unspecified atom stereocenters. The first kappa shape index (κ1) is 13.4. The van der Waals surface area contributed by atoms with Crippen molar-refractivity contribution in [3.05, 3.63) is 0 Å². The van der Waals surface area contributed by atoms with Gasteiger partial charge in [-0.15, -0.1) is 0 Å². The Balaban J connectivity index is 2.54. The SMILES string of the molecule is CCSC1CCCC1NC(=O)C(C)(C)C#N. The molecule has 0 aromatic heterocycles. The summed E-state index contributed by atoms with van der Waals surface area (Å²) in [5.74, 6) is 0.946. The minimum Gasteiger partial charge on any atom is -0.351 e. The summed E-state index contributed by atoms with van der Waals surface area (Å²) in [6.07, 6.45) is 3.40. The summed E-state index contributed by atoms with van der Waals surface area (Å²) in [6, 6.07) is 2.30. The van der Waals surface area contributed by atoms with Crippen molar-refractivity contribution >= 4 is 17.7 Å². The van der Waals surface area contributed by atoms with Crippen LogP contribution in [0.3, 0.4) is 0 Å². The largest absolute Gasteiger partial charge is 0.351 e. The van der Waals surface area contributed by atoms with Crippen LogP contribution in [0.5, 0.6) is 0 Å². The Hall–Kier alpha value is -0.690. The van der Waals surface area contributed by atoms with E-state index in [-0.39, 0.29) is 11.9 Å². The van der Waals surface area contributed by atoms with Gasteiger partial charge in [0, 0.05) is 11.3 Å². The summed E-state index contributed by atoms with van der Waals surface area (Å²) in [6.45, 7) is 5.47. The number of carbonyl (C=O) groups is 1. The summed E-state index contributed by atoms with van der Waals surface area (Å²) in [4.78, 5) is 11.9. The summed E-state index contributed by atoms with van der Waals surface area (Å²) in [5.41, 5.74) is -0.913. The van der Waals surface area contributed by atoms with Gasteiger partial charge in [0.25, 0.3) is 0 Å². The highest BCUT2D eigenvalue weighted by Gasteiger charge is 2.33. The molecule has 0 radical (unpaired) electrons. The van der Waals surface area contributed by atoms with Crippen molar-refractivity contribution in [3.63, 3.8) is 0 Å². The summed E-state index contributed by atoms with van der Waals surface area (Å²) >= 11 is 1.91. The molecule has 1 rings (SSSR count). The molecular weight excluding hydrogens is 220 g/mol. The molecule has 0 bridgehead atoms. The molecule has 1 amide bonds. The fourth-order valence-electron chi connectivity index (χ4n) is 1.90. The molecule has 1 aliphatic rings. The first-order valence-electron chi connectivity index (χ1n) is 5.85. The Morgan fingerprint density at radius 2 is 2.25 bits per heavy atom. The molecule has 16 heavy (non-hydrogen) atoms. The van der Waals surface area contributed by atoms with Crippen LogP contribution in [0.4, 0.5) is 0 Å². The first-order chi connectivity index (χ1) is 7.51. The van der Waals surface area contributed by atoms with E-state index < -0.39 is 5.41 Å². The van der Waals surface area contributed by atoms with Crippen molar-refractivity contribution in [1.82, 2.24) is 5.32 Å². The average Bonchev–Trinajstić information content (AvgIpc) is 2.66. The van der Waals surface area contributed by atoms with E-state index in [0.717, 1.165) is 12.2 Å². The van der Waals surface area contributed by atoms with Gasteiger partial charge in [0.2, 0.25) is 5.91 Å². The van der Waals surface area contributed by atoms with Gasteiger partial charge in [-0.1, -0.05) is 13.3 Å². The second-order valence-corrected chi connectivity index (χ2v) is 6.26. The molecule has 0 aromatic rings. The second-order valence-electron chi connectivity index (χ2n) is 4.74. The van der Waals surface area contributed by atoms with Gasteiger partial charge in [-0.3, -0.25) is 4.79 Å². The number of hydrogen-bond donors (Lipinski definition) is 1. The van der Waals surface area contributed by atoms with E-state index in [1.54, 1.807) is 13.8 Å². The van der Waals surface area contributed by atoms with Gasteiger partial charge in [0.1, 0.15) is 5.41 Å². The van der Waals surface area contributed by atoms with Crippen LogP contribution >= 0.6 is 11.8 Å². The maximum absolute atomic E-state index is 11.9. The Labute approximate surface area is 102 Å². The van der Waals surface area contributed by atoms with Crippen LogP contribution < -0.4 is 5.32 Å². The summed E-state index contributed by atoms with van der Waals surface area (Å²) < 4.78 is 0. The van der Waals surface area contributed by atoms with E-state index >= 15 is 0 Å². The molecule has 0 spiro atoms. The van der Waals surface area contributed by atoms with Crippen LogP contribution in [0, 0.1) is 16.7 Å². The standard InChI is InChI=1S/C12H20N2OS/c1-4-16-10-7-5-6-9(10)14-11(15)12(2,3)8-13/h9-10H,4-7H2,1-3H3,(H,14,15). The van der Waals surface area contributed by atoms with Gasteiger partial charge < -0.3 is 5.32 Å². The monoisotopic (exact) mass is 240 g/mol. The molecule has 0 heterocycles. The van der Waals surface area contributed by atoms with Crippen LogP contribution in [0.25, 0.3) is 0 Å². The van der Waals surface area contributed by atoms with Gasteiger partial charge in [-0.2, -0.15) is 17.0 Å². The predicted octanol–water partition coefficient (Wildman–Crippen LogP) is 2.33. The van der Waals surface area contributed by atoms with E-state index in [2.05, 4.69) is 12.2 Å². The predicted molar refractivity (Wildman–Crippen MR) is 67.1 cm³/mol. The number of nitrogens with zero attached hydrogens (tertiary/aromatic N) is 1. The topological polar surface area (TPSA) is 52.9 Å². The maximum Gasteiger partial charge on any atom is 0.240 e. The molecule has 0 aromatic carbocycles. The zero-order valence-corrected chi connectivity index (χ0v) is 11.1. The lowest BCUT2D eigenvalue weighted by Gasteiger charge is -2.23. The zero-order valence-electron chi connectivity index (χ0n) is 10.2. The molecule has 0 aliphatic heterocycles. The number of thioether (sulfide) groups is 1. The molecule has 90 valence electrons. The Bertz CT molecular complexity index is 296. The normalized spacial score (nSPS) is 25.1. The Kier molecular flexibility index (Phi) is 4.67.